The third-order valence-corrected chi connectivity index (χ3v) is 7.22. The first-order valence-electron chi connectivity index (χ1n) is 13.0. The lowest BCUT2D eigenvalue weighted by atomic mass is 10.0. The molecular weight excluding hydrogens is 432 g/mol. The first-order valence-corrected chi connectivity index (χ1v) is 13.8. The molecule has 1 atom stereocenters. The molecule has 0 spiro atoms. The number of ether oxygens (including phenoxy) is 1. The van der Waals surface area contributed by atoms with Gasteiger partial charge in [-0.1, -0.05) is 108 Å². The van der Waals surface area contributed by atoms with E-state index in [9.17, 15) is 15.3 Å². The van der Waals surface area contributed by atoms with Crippen LogP contribution in [0.3, 0.4) is 0 Å². The fraction of sp³-hybridized carbons (Fsp3) is 0.643. The molecule has 4 nitrogen and oxygen atoms in total. The van der Waals surface area contributed by atoms with Gasteiger partial charge in [0.05, 0.1) is 17.6 Å². The van der Waals surface area contributed by atoms with E-state index in [4.69, 9.17) is 4.74 Å². The maximum absolute atomic E-state index is 10.1. The molecule has 5 heteroatoms. The molecule has 1 aromatic carbocycles. The molecule has 0 heterocycles. The second-order valence-electron chi connectivity index (χ2n) is 9.12. The number of rotatable bonds is 18. The summed E-state index contributed by atoms with van der Waals surface area (Å²) in [6, 6.07) is 4.57. The molecule has 1 unspecified atom stereocenters. The molecule has 0 bridgehead atoms. The lowest BCUT2D eigenvalue weighted by Crippen LogP contribution is -2.11. The Morgan fingerprint density at radius 1 is 0.848 bits per heavy atom. The Morgan fingerprint density at radius 3 is 2.00 bits per heavy atom. The van der Waals surface area contributed by atoms with Gasteiger partial charge < -0.3 is 20.1 Å². The highest BCUT2D eigenvalue weighted by Gasteiger charge is 2.18. The molecule has 1 aliphatic carbocycles. The minimum Gasteiger partial charge on any atom is -0.508 e. The van der Waals surface area contributed by atoms with Crippen molar-refractivity contribution >= 4 is 11.8 Å². The Balaban J connectivity index is 1.56. The van der Waals surface area contributed by atoms with E-state index >= 15 is 0 Å². The van der Waals surface area contributed by atoms with Gasteiger partial charge in [0.1, 0.15) is 17.3 Å². The zero-order valence-corrected chi connectivity index (χ0v) is 21.3. The molecule has 0 aliphatic heterocycles. The first kappa shape index (κ1) is 27.7. The number of allylic oxidation sites excluding steroid dienone is 1. The van der Waals surface area contributed by atoms with Crippen LogP contribution in [-0.2, 0) is 4.74 Å². The predicted octanol–water partition coefficient (Wildman–Crippen LogP) is 8.22. The molecule has 0 aromatic heterocycles. The number of unbranched alkanes of at least 4 members (excludes halogenated alkanes) is 13. The lowest BCUT2D eigenvalue weighted by molar-refractivity contribution is 0.150. The Hall–Kier alpha value is -1.59. The predicted molar refractivity (Wildman–Crippen MR) is 139 cm³/mol. The molecule has 3 N–H and O–H groups in total. The Morgan fingerprint density at radius 2 is 1.42 bits per heavy atom. The van der Waals surface area contributed by atoms with Crippen molar-refractivity contribution in [2.24, 2.45) is 0 Å². The number of benzene rings is 1. The third kappa shape index (κ3) is 11.9. The monoisotopic (exact) mass is 476 g/mol. The van der Waals surface area contributed by atoms with Gasteiger partial charge in [-0.2, -0.15) is 0 Å². The maximum atomic E-state index is 10.1. The van der Waals surface area contributed by atoms with Gasteiger partial charge in [-0.05, 0) is 24.6 Å². The number of aromatic hydroxyl groups is 2. The van der Waals surface area contributed by atoms with Gasteiger partial charge in [0.2, 0.25) is 0 Å². The molecule has 0 radical (unpaired) electrons. The van der Waals surface area contributed by atoms with Crippen molar-refractivity contribution < 1.29 is 20.1 Å². The average Bonchev–Trinajstić information content (AvgIpc) is 2.79. The van der Waals surface area contributed by atoms with E-state index in [1.165, 1.54) is 101 Å². The van der Waals surface area contributed by atoms with Crippen LogP contribution >= 0.6 is 11.8 Å². The van der Waals surface area contributed by atoms with E-state index in [0.717, 1.165) is 17.1 Å². The van der Waals surface area contributed by atoms with Crippen LogP contribution in [0.5, 0.6) is 11.5 Å². The van der Waals surface area contributed by atoms with Crippen molar-refractivity contribution in [2.75, 3.05) is 6.61 Å². The summed E-state index contributed by atoms with van der Waals surface area (Å²) >= 11 is 1.39. The molecule has 186 valence electrons. The zero-order chi connectivity index (χ0) is 23.7. The van der Waals surface area contributed by atoms with Gasteiger partial charge in [0.25, 0.3) is 0 Å². The van der Waals surface area contributed by atoms with Crippen molar-refractivity contribution in [2.45, 2.75) is 114 Å². The van der Waals surface area contributed by atoms with Crippen LogP contribution < -0.4 is 0 Å². The summed E-state index contributed by atoms with van der Waals surface area (Å²) in [5, 5.41) is 29.5. The molecule has 2 rings (SSSR count). The number of aliphatic hydroxyl groups excluding tert-OH is 1. The molecule has 1 aliphatic rings. The van der Waals surface area contributed by atoms with Crippen LogP contribution in [0, 0.1) is 0 Å². The minimum atomic E-state index is -0.533. The number of phenolic OH excluding ortho intramolecular Hbond substituents is 2. The molecule has 0 saturated carbocycles. The second kappa shape index (κ2) is 16.9. The van der Waals surface area contributed by atoms with Gasteiger partial charge in [0.15, 0.2) is 0 Å². The van der Waals surface area contributed by atoms with Gasteiger partial charge in [-0.3, -0.25) is 0 Å². The van der Waals surface area contributed by atoms with Crippen molar-refractivity contribution in [1.82, 2.24) is 0 Å². The SMILES string of the molecule is CCCCCCCCCCCCCCCCOC1=C(Sc2ccc(O)cc2O)C=CC(O)C1. The van der Waals surface area contributed by atoms with Crippen LogP contribution in [0.15, 0.2) is 45.9 Å². The normalized spacial score (nSPS) is 15.9. The summed E-state index contributed by atoms with van der Waals surface area (Å²) in [5.74, 6) is 0.852. The second-order valence-corrected chi connectivity index (χ2v) is 10.2. The Labute approximate surface area is 205 Å². The largest absolute Gasteiger partial charge is 0.508 e. The van der Waals surface area contributed by atoms with Gasteiger partial charge in [-0.15, -0.1) is 0 Å². The van der Waals surface area contributed by atoms with E-state index in [2.05, 4.69) is 6.92 Å². The van der Waals surface area contributed by atoms with E-state index < -0.39 is 6.10 Å². The average molecular weight is 477 g/mol. The van der Waals surface area contributed by atoms with Crippen molar-refractivity contribution in [1.29, 1.82) is 0 Å². The number of hydrogen-bond acceptors (Lipinski definition) is 5. The summed E-state index contributed by atoms with van der Waals surface area (Å²) < 4.78 is 6.03. The van der Waals surface area contributed by atoms with Crippen molar-refractivity contribution in [3.63, 3.8) is 0 Å². The smallest absolute Gasteiger partial charge is 0.133 e. The van der Waals surface area contributed by atoms with Crippen LogP contribution in [0.1, 0.15) is 103 Å². The van der Waals surface area contributed by atoms with Crippen LogP contribution in [0.4, 0.5) is 0 Å². The van der Waals surface area contributed by atoms with E-state index in [-0.39, 0.29) is 11.5 Å². The number of thioether (sulfide) groups is 1. The molecule has 0 fully saturated rings. The van der Waals surface area contributed by atoms with Crippen molar-refractivity contribution in [3.05, 3.63) is 41.0 Å². The van der Waals surface area contributed by atoms with Crippen molar-refractivity contribution in [3.8, 4) is 11.5 Å². The van der Waals surface area contributed by atoms with Gasteiger partial charge in [0, 0.05) is 17.4 Å². The van der Waals surface area contributed by atoms with E-state index in [1.54, 1.807) is 18.2 Å². The summed E-state index contributed by atoms with van der Waals surface area (Å²) in [7, 11) is 0. The van der Waals surface area contributed by atoms with E-state index in [0.29, 0.717) is 17.9 Å². The number of aliphatic hydroxyl groups is 1. The zero-order valence-electron chi connectivity index (χ0n) is 20.4. The first-order chi connectivity index (χ1) is 16.1. The number of phenols is 2. The molecule has 0 amide bonds. The van der Waals surface area contributed by atoms with Gasteiger partial charge in [-0.25, -0.2) is 0 Å². The lowest BCUT2D eigenvalue weighted by Gasteiger charge is -2.20. The molecule has 33 heavy (non-hydrogen) atoms. The van der Waals surface area contributed by atoms with Gasteiger partial charge >= 0.3 is 0 Å². The summed E-state index contributed by atoms with van der Waals surface area (Å²) in [5.41, 5.74) is 0. The summed E-state index contributed by atoms with van der Waals surface area (Å²) in [6.45, 7) is 2.92. The van der Waals surface area contributed by atoms with E-state index in [1.807, 2.05) is 6.08 Å². The summed E-state index contributed by atoms with van der Waals surface area (Å²) in [4.78, 5) is 1.55. The Kier molecular flexibility index (Phi) is 14.2. The maximum Gasteiger partial charge on any atom is 0.133 e. The fourth-order valence-electron chi connectivity index (χ4n) is 4.07. The highest BCUT2D eigenvalue weighted by atomic mass is 32.2. The summed E-state index contributed by atoms with van der Waals surface area (Å²) in [6.07, 6.45) is 22.2. The quantitative estimate of drug-likeness (QED) is 0.186. The Bertz CT molecular complexity index is 729. The topological polar surface area (TPSA) is 69.9 Å². The fourth-order valence-corrected chi connectivity index (χ4v) is 5.01. The molecular formula is C28H44O4S. The van der Waals surface area contributed by atoms with Crippen LogP contribution in [-0.4, -0.2) is 28.0 Å². The minimum absolute atomic E-state index is 0.0368. The number of hydrogen-bond donors (Lipinski definition) is 3. The van der Waals surface area contributed by atoms with Crippen LogP contribution in [0.25, 0.3) is 0 Å². The highest BCUT2D eigenvalue weighted by molar-refractivity contribution is 8.03. The molecule has 0 saturated heterocycles. The van der Waals surface area contributed by atoms with Crippen LogP contribution in [0.2, 0.25) is 0 Å². The standard InChI is InChI=1S/C28H44O4S/c1-2-3-4-5-6-7-8-9-10-11-12-13-14-15-20-32-26-22-24(30)17-19-28(26)33-27-18-16-23(29)21-25(27)31/h16-19,21,24,29-31H,2-15,20,22H2,1H3. The highest BCUT2D eigenvalue weighted by Crippen LogP contribution is 2.40. The third-order valence-electron chi connectivity index (χ3n) is 6.08. The molecule has 1 aromatic rings.